The van der Waals surface area contributed by atoms with Gasteiger partial charge < -0.3 is 15.0 Å². The quantitative estimate of drug-likeness (QED) is 0.634. The molecule has 126 valence electrons. The zero-order valence-corrected chi connectivity index (χ0v) is 13.0. The average Bonchev–Trinajstić information content (AvgIpc) is 2.55. The Kier molecular flexibility index (Phi) is 6.00. The summed E-state index contributed by atoms with van der Waals surface area (Å²) in [5, 5.41) is 13.2. The van der Waals surface area contributed by atoms with Gasteiger partial charge in [0, 0.05) is 39.4 Å². The predicted octanol–water partition coefficient (Wildman–Crippen LogP) is 1.57. The number of nitrogens with zero attached hydrogens (tertiary/aromatic N) is 2. The number of benzene rings is 1. The van der Waals surface area contributed by atoms with E-state index >= 15 is 0 Å². The van der Waals surface area contributed by atoms with Crippen LogP contribution >= 0.6 is 0 Å². The van der Waals surface area contributed by atoms with Crippen LogP contribution in [0, 0.1) is 15.9 Å². The molecular weight excluding hydrogens is 305 g/mol. The Hall–Kier alpha value is -2.06. The molecule has 1 N–H and O–H groups in total. The van der Waals surface area contributed by atoms with Crippen molar-refractivity contribution >= 4 is 11.6 Å². The number of hydrogen-bond acceptors (Lipinski definition) is 5. The van der Waals surface area contributed by atoms with Crippen molar-refractivity contribution in [2.45, 2.75) is 18.9 Å². The summed E-state index contributed by atoms with van der Waals surface area (Å²) in [5.74, 6) is -1.46. The van der Waals surface area contributed by atoms with Gasteiger partial charge in [0.2, 0.25) is 0 Å². The number of amides is 1. The minimum Gasteiger partial charge on any atom is -0.381 e. The van der Waals surface area contributed by atoms with E-state index in [-0.39, 0.29) is 11.3 Å². The summed E-state index contributed by atoms with van der Waals surface area (Å²) >= 11 is 0. The van der Waals surface area contributed by atoms with Gasteiger partial charge in [-0.2, -0.15) is 0 Å². The lowest BCUT2D eigenvalue weighted by molar-refractivity contribution is -0.385. The molecular formula is C15H20FN3O4. The lowest BCUT2D eigenvalue weighted by Crippen LogP contribution is -2.41. The molecule has 1 aliphatic rings. The number of nitrogens with one attached hydrogen (secondary N) is 1. The largest absolute Gasteiger partial charge is 0.381 e. The average molecular weight is 325 g/mol. The molecule has 1 aromatic rings. The summed E-state index contributed by atoms with van der Waals surface area (Å²) in [6.07, 6.45) is 2.22. The summed E-state index contributed by atoms with van der Waals surface area (Å²) in [6, 6.07) is 3.00. The second-order valence-electron chi connectivity index (χ2n) is 5.45. The molecule has 1 aliphatic heterocycles. The third-order valence-electron chi connectivity index (χ3n) is 3.99. The van der Waals surface area contributed by atoms with Crippen LogP contribution in [0.2, 0.25) is 0 Å². The number of likely N-dealkylation sites (tertiary alicyclic amines) is 1. The van der Waals surface area contributed by atoms with E-state index < -0.39 is 16.6 Å². The van der Waals surface area contributed by atoms with Crippen LogP contribution in [0.15, 0.2) is 18.2 Å². The monoisotopic (exact) mass is 325 g/mol. The first-order chi connectivity index (χ1) is 11.0. The molecule has 2 rings (SSSR count). The summed E-state index contributed by atoms with van der Waals surface area (Å²) in [7, 11) is 1.71. The van der Waals surface area contributed by atoms with Gasteiger partial charge in [0.05, 0.1) is 22.7 Å². The zero-order chi connectivity index (χ0) is 16.8. The van der Waals surface area contributed by atoms with Crippen molar-refractivity contribution in [2.75, 3.05) is 33.3 Å². The van der Waals surface area contributed by atoms with Crippen molar-refractivity contribution in [1.82, 2.24) is 10.2 Å². The summed E-state index contributed by atoms with van der Waals surface area (Å²) in [5.41, 5.74) is -0.561. The molecule has 0 aliphatic carbocycles. The topological polar surface area (TPSA) is 84.7 Å². The van der Waals surface area contributed by atoms with E-state index in [4.69, 9.17) is 4.74 Å². The highest BCUT2D eigenvalue weighted by atomic mass is 19.1. The van der Waals surface area contributed by atoms with Crippen LogP contribution in [-0.4, -0.2) is 55.1 Å². The Balaban J connectivity index is 1.80. The molecule has 0 radical (unpaired) electrons. The smallest absolute Gasteiger partial charge is 0.272 e. The highest BCUT2D eigenvalue weighted by Crippen LogP contribution is 2.16. The summed E-state index contributed by atoms with van der Waals surface area (Å²) < 4.78 is 19.0. The van der Waals surface area contributed by atoms with Crippen LogP contribution in [0.25, 0.3) is 0 Å². The Labute approximate surface area is 133 Å². The number of non-ortho nitro benzene ring substituents is 1. The Bertz CT molecular complexity index is 574. The first-order valence-corrected chi connectivity index (χ1v) is 7.48. The lowest BCUT2D eigenvalue weighted by atomic mass is 10.1. The van der Waals surface area contributed by atoms with Gasteiger partial charge >= 0.3 is 0 Å². The number of carbonyl (C=O) groups excluding carboxylic acids is 1. The Morgan fingerprint density at radius 3 is 2.74 bits per heavy atom. The van der Waals surface area contributed by atoms with Crippen molar-refractivity contribution in [3.63, 3.8) is 0 Å². The number of nitro groups is 1. The molecule has 0 atom stereocenters. The molecule has 1 amide bonds. The van der Waals surface area contributed by atoms with Crippen LogP contribution in [0.4, 0.5) is 10.1 Å². The number of rotatable bonds is 6. The Morgan fingerprint density at radius 2 is 2.17 bits per heavy atom. The molecule has 7 nitrogen and oxygen atoms in total. The van der Waals surface area contributed by atoms with Crippen LogP contribution in [0.1, 0.15) is 23.2 Å². The number of hydrogen-bond donors (Lipinski definition) is 1. The molecule has 1 saturated heterocycles. The fraction of sp³-hybridized carbons (Fsp3) is 0.533. The van der Waals surface area contributed by atoms with Gasteiger partial charge in [-0.05, 0) is 18.9 Å². The number of methoxy groups -OCH3 is 1. The van der Waals surface area contributed by atoms with Crippen molar-refractivity contribution in [2.24, 2.45) is 0 Å². The normalized spacial score (nSPS) is 16.3. The van der Waals surface area contributed by atoms with Crippen molar-refractivity contribution in [3.8, 4) is 0 Å². The fourth-order valence-electron chi connectivity index (χ4n) is 2.59. The van der Waals surface area contributed by atoms with Gasteiger partial charge in [-0.15, -0.1) is 0 Å². The van der Waals surface area contributed by atoms with Gasteiger partial charge in [-0.25, -0.2) is 4.39 Å². The van der Waals surface area contributed by atoms with Gasteiger partial charge in [0.25, 0.3) is 11.6 Å². The molecule has 0 unspecified atom stereocenters. The minimum atomic E-state index is -0.891. The SMILES string of the molecule is COC1CCN(CCNC(=O)c2ccc([N+](=O)[O-])cc2F)CC1. The minimum absolute atomic E-state index is 0.186. The molecule has 1 aromatic carbocycles. The maximum absolute atomic E-state index is 13.7. The van der Waals surface area contributed by atoms with Gasteiger partial charge in [-0.1, -0.05) is 0 Å². The van der Waals surface area contributed by atoms with Crippen LogP contribution < -0.4 is 5.32 Å². The van der Waals surface area contributed by atoms with Crippen molar-refractivity contribution < 1.29 is 18.8 Å². The summed E-state index contributed by atoms with van der Waals surface area (Å²) in [6.45, 7) is 2.88. The van der Waals surface area contributed by atoms with Crippen LogP contribution in [-0.2, 0) is 4.74 Å². The maximum Gasteiger partial charge on any atom is 0.272 e. The van der Waals surface area contributed by atoms with E-state index in [1.807, 2.05) is 0 Å². The number of piperidine rings is 1. The van der Waals surface area contributed by atoms with Crippen LogP contribution in [0.3, 0.4) is 0 Å². The highest BCUT2D eigenvalue weighted by molar-refractivity contribution is 5.94. The first kappa shape index (κ1) is 17.3. The highest BCUT2D eigenvalue weighted by Gasteiger charge is 2.19. The van der Waals surface area contributed by atoms with Crippen LogP contribution in [0.5, 0.6) is 0 Å². The first-order valence-electron chi connectivity index (χ1n) is 7.48. The molecule has 0 saturated carbocycles. The molecule has 1 heterocycles. The van der Waals surface area contributed by atoms with E-state index in [0.717, 1.165) is 44.1 Å². The van der Waals surface area contributed by atoms with E-state index in [2.05, 4.69) is 10.2 Å². The second kappa shape index (κ2) is 7.98. The zero-order valence-electron chi connectivity index (χ0n) is 13.0. The van der Waals surface area contributed by atoms with E-state index in [9.17, 15) is 19.3 Å². The van der Waals surface area contributed by atoms with Gasteiger partial charge in [0.15, 0.2) is 0 Å². The molecule has 8 heteroatoms. The standard InChI is InChI=1S/C15H20FN3O4/c1-23-12-4-7-18(8-5-12)9-6-17-15(20)13-3-2-11(19(21)22)10-14(13)16/h2-3,10,12H,4-9H2,1H3,(H,17,20). The number of nitro benzene ring substituents is 1. The number of ether oxygens (including phenoxy) is 1. The number of halogens is 1. The maximum atomic E-state index is 13.7. The van der Waals surface area contributed by atoms with E-state index in [1.165, 1.54) is 0 Å². The predicted molar refractivity (Wildman–Crippen MR) is 81.9 cm³/mol. The van der Waals surface area contributed by atoms with Crippen molar-refractivity contribution in [3.05, 3.63) is 39.7 Å². The van der Waals surface area contributed by atoms with Gasteiger partial charge in [-0.3, -0.25) is 14.9 Å². The third kappa shape index (κ3) is 4.70. The molecule has 0 bridgehead atoms. The molecule has 23 heavy (non-hydrogen) atoms. The molecule has 0 aromatic heterocycles. The number of carbonyl (C=O) groups is 1. The summed E-state index contributed by atoms with van der Waals surface area (Å²) in [4.78, 5) is 24.0. The lowest BCUT2D eigenvalue weighted by Gasteiger charge is -2.31. The van der Waals surface area contributed by atoms with Gasteiger partial charge in [0.1, 0.15) is 5.82 Å². The third-order valence-corrected chi connectivity index (χ3v) is 3.99. The van der Waals surface area contributed by atoms with Crippen molar-refractivity contribution in [1.29, 1.82) is 0 Å². The molecule has 0 spiro atoms. The molecule has 1 fully saturated rings. The second-order valence-corrected chi connectivity index (χ2v) is 5.45. The fourth-order valence-corrected chi connectivity index (χ4v) is 2.59. The van der Waals surface area contributed by atoms with E-state index in [1.54, 1.807) is 7.11 Å². The Morgan fingerprint density at radius 1 is 1.48 bits per heavy atom. The van der Waals surface area contributed by atoms with E-state index in [0.29, 0.717) is 19.2 Å².